The SMILES string of the molecule is CC(C)(C)P(=NC(=S)N/N=C\c1ccc(Cl)c([N+](=O)[O-])c1)(N1CCOCC1)N1CCOCC1. The minimum absolute atomic E-state index is 0.0754. The third-order valence-electron chi connectivity index (χ3n) is 5.43. The molecular weight excluding hydrogens is 487 g/mol. The van der Waals surface area contributed by atoms with Crippen molar-refractivity contribution < 1.29 is 14.4 Å². The summed E-state index contributed by atoms with van der Waals surface area (Å²) >= 11 is 11.5. The Balaban J connectivity index is 1.90. The van der Waals surface area contributed by atoms with E-state index in [2.05, 4.69) is 40.6 Å². The Labute approximate surface area is 204 Å². The summed E-state index contributed by atoms with van der Waals surface area (Å²) in [5.74, 6) is 0. The lowest BCUT2D eigenvalue weighted by atomic mass is 10.2. The quantitative estimate of drug-likeness (QED) is 0.206. The number of nitro benzene ring substituents is 1. The summed E-state index contributed by atoms with van der Waals surface area (Å²) in [6, 6.07) is 4.48. The van der Waals surface area contributed by atoms with Crippen LogP contribution in [0.15, 0.2) is 28.0 Å². The molecule has 3 rings (SSSR count). The molecule has 182 valence electrons. The summed E-state index contributed by atoms with van der Waals surface area (Å²) in [6.45, 7) is 12.4. The van der Waals surface area contributed by atoms with E-state index < -0.39 is 12.3 Å². The van der Waals surface area contributed by atoms with Gasteiger partial charge >= 0.3 is 0 Å². The summed E-state index contributed by atoms with van der Waals surface area (Å²) in [5.41, 5.74) is 3.19. The number of nitrogens with zero attached hydrogens (tertiary/aromatic N) is 5. The van der Waals surface area contributed by atoms with Crippen molar-refractivity contribution in [3.63, 3.8) is 0 Å². The number of morpholine rings is 2. The highest BCUT2D eigenvalue weighted by atomic mass is 35.5. The second kappa shape index (κ2) is 11.3. The topological polar surface area (TPSA) is 105 Å². The molecule has 1 aromatic carbocycles. The van der Waals surface area contributed by atoms with E-state index in [1.54, 1.807) is 6.07 Å². The molecule has 2 fully saturated rings. The third kappa shape index (κ3) is 6.16. The standard InChI is InChI=1S/C20H30ClN6O4PS/c1-20(2,3)32(25-6-10-30-11-7-25,26-8-12-31-13-9-26)24-19(33)23-22-15-16-4-5-17(21)18(14-16)27(28)29/h4-5,14-15H,6-13H2,1-3H3,(H,23,33)/b22-15-. The molecule has 13 heteroatoms. The molecule has 0 aliphatic carbocycles. The number of hydrogen-bond donors (Lipinski definition) is 1. The highest BCUT2D eigenvalue weighted by Crippen LogP contribution is 2.66. The summed E-state index contributed by atoms with van der Waals surface area (Å²) in [7, 11) is -2.28. The highest BCUT2D eigenvalue weighted by molar-refractivity contribution is 7.81. The van der Waals surface area contributed by atoms with Gasteiger partial charge in [-0.1, -0.05) is 38.4 Å². The first-order valence-electron chi connectivity index (χ1n) is 10.7. The van der Waals surface area contributed by atoms with Gasteiger partial charge in [0.05, 0.1) is 37.6 Å². The van der Waals surface area contributed by atoms with Gasteiger partial charge in [-0.25, -0.2) is 4.74 Å². The molecule has 0 unspecified atom stereocenters. The Kier molecular flexibility index (Phi) is 8.96. The van der Waals surface area contributed by atoms with Crippen LogP contribution in [0, 0.1) is 10.1 Å². The van der Waals surface area contributed by atoms with Crippen LogP contribution in [0.25, 0.3) is 0 Å². The Morgan fingerprint density at radius 2 is 1.73 bits per heavy atom. The van der Waals surface area contributed by atoms with Crippen LogP contribution in [0.2, 0.25) is 5.02 Å². The molecule has 2 heterocycles. The van der Waals surface area contributed by atoms with Crippen molar-refractivity contribution in [1.82, 2.24) is 14.8 Å². The monoisotopic (exact) mass is 516 g/mol. The van der Waals surface area contributed by atoms with Crippen molar-refractivity contribution in [3.8, 4) is 0 Å². The van der Waals surface area contributed by atoms with E-state index in [0.717, 1.165) is 26.2 Å². The van der Waals surface area contributed by atoms with E-state index >= 15 is 0 Å². The van der Waals surface area contributed by atoms with Crippen LogP contribution in [0.4, 0.5) is 5.69 Å². The zero-order chi connectivity index (χ0) is 24.1. The minimum Gasteiger partial charge on any atom is -0.379 e. The number of halogens is 1. The molecule has 0 bridgehead atoms. The predicted molar refractivity (Wildman–Crippen MR) is 135 cm³/mol. The maximum Gasteiger partial charge on any atom is 0.288 e. The van der Waals surface area contributed by atoms with Gasteiger partial charge in [0.2, 0.25) is 5.11 Å². The van der Waals surface area contributed by atoms with Gasteiger partial charge in [-0.15, -0.1) is 0 Å². The van der Waals surface area contributed by atoms with Crippen molar-refractivity contribution in [2.45, 2.75) is 25.9 Å². The third-order valence-corrected chi connectivity index (χ3v) is 10.7. The van der Waals surface area contributed by atoms with Gasteiger partial charge in [0, 0.05) is 43.0 Å². The van der Waals surface area contributed by atoms with Crippen molar-refractivity contribution >= 4 is 48.2 Å². The molecule has 2 saturated heterocycles. The molecule has 2 aliphatic heterocycles. The Hall–Kier alpha value is -1.46. The van der Waals surface area contributed by atoms with Crippen LogP contribution in [-0.2, 0) is 9.47 Å². The van der Waals surface area contributed by atoms with Gasteiger partial charge in [0.25, 0.3) is 5.69 Å². The lowest BCUT2D eigenvalue weighted by molar-refractivity contribution is -0.384. The average Bonchev–Trinajstić information content (AvgIpc) is 2.78. The van der Waals surface area contributed by atoms with Crippen LogP contribution in [-0.4, -0.2) is 83.4 Å². The number of hydrogen-bond acceptors (Lipinski definition) is 6. The summed E-state index contributed by atoms with van der Waals surface area (Å²) in [4.78, 5) is 10.6. The summed E-state index contributed by atoms with van der Waals surface area (Å²) < 4.78 is 21.2. The fraction of sp³-hybridized carbons (Fsp3) is 0.600. The maximum atomic E-state index is 11.1. The van der Waals surface area contributed by atoms with E-state index in [-0.39, 0.29) is 21.0 Å². The van der Waals surface area contributed by atoms with Crippen molar-refractivity contribution in [1.29, 1.82) is 0 Å². The minimum atomic E-state index is -2.28. The summed E-state index contributed by atoms with van der Waals surface area (Å²) in [5, 5.41) is 15.5. The van der Waals surface area contributed by atoms with Crippen molar-refractivity contribution in [2.75, 3.05) is 52.6 Å². The highest BCUT2D eigenvalue weighted by Gasteiger charge is 2.45. The Morgan fingerprint density at radius 3 is 2.21 bits per heavy atom. The van der Waals surface area contributed by atoms with Crippen LogP contribution in [0.5, 0.6) is 0 Å². The molecular formula is C20H30ClN6O4PS. The molecule has 0 saturated carbocycles. The molecule has 0 atom stereocenters. The normalized spacial score (nSPS) is 18.9. The molecule has 2 aliphatic rings. The van der Waals surface area contributed by atoms with E-state index in [9.17, 15) is 10.1 Å². The van der Waals surface area contributed by atoms with E-state index in [0.29, 0.717) is 32.0 Å². The fourth-order valence-electron chi connectivity index (χ4n) is 4.03. The van der Waals surface area contributed by atoms with E-state index in [1.165, 1.54) is 18.3 Å². The molecule has 1 N–H and O–H groups in total. The van der Waals surface area contributed by atoms with E-state index in [4.69, 9.17) is 38.0 Å². The molecule has 0 radical (unpaired) electrons. The second-order valence-corrected chi connectivity index (χ2v) is 13.2. The first-order valence-corrected chi connectivity index (χ1v) is 13.1. The zero-order valence-electron chi connectivity index (χ0n) is 19.1. The zero-order valence-corrected chi connectivity index (χ0v) is 21.5. The van der Waals surface area contributed by atoms with Gasteiger partial charge in [0.15, 0.2) is 0 Å². The second-order valence-electron chi connectivity index (χ2n) is 8.61. The van der Waals surface area contributed by atoms with Crippen LogP contribution >= 0.6 is 31.2 Å². The smallest absolute Gasteiger partial charge is 0.288 e. The van der Waals surface area contributed by atoms with Gasteiger partial charge in [-0.2, -0.15) is 5.10 Å². The maximum absolute atomic E-state index is 11.1. The molecule has 33 heavy (non-hydrogen) atoms. The van der Waals surface area contributed by atoms with Crippen molar-refractivity contribution in [3.05, 3.63) is 38.9 Å². The van der Waals surface area contributed by atoms with Crippen molar-refractivity contribution in [2.24, 2.45) is 9.85 Å². The molecule has 0 spiro atoms. The van der Waals surface area contributed by atoms with Crippen LogP contribution in [0.1, 0.15) is 26.3 Å². The van der Waals surface area contributed by atoms with Crippen LogP contribution in [0.3, 0.4) is 0 Å². The molecule has 10 nitrogen and oxygen atoms in total. The first kappa shape index (κ1) is 26.2. The van der Waals surface area contributed by atoms with Gasteiger partial charge in [0.1, 0.15) is 12.4 Å². The molecule has 1 aromatic rings. The average molecular weight is 517 g/mol. The van der Waals surface area contributed by atoms with Crippen LogP contribution < -0.4 is 5.43 Å². The van der Waals surface area contributed by atoms with Gasteiger partial charge in [-0.3, -0.25) is 24.9 Å². The number of nitrogens with one attached hydrogen (secondary N) is 1. The number of nitro groups is 1. The van der Waals surface area contributed by atoms with Gasteiger partial charge in [-0.05, 0) is 18.3 Å². The Morgan fingerprint density at radius 1 is 1.18 bits per heavy atom. The predicted octanol–water partition coefficient (Wildman–Crippen LogP) is 3.95. The first-order chi connectivity index (χ1) is 15.6. The lowest BCUT2D eigenvalue weighted by Gasteiger charge is -2.52. The molecule has 0 amide bonds. The summed E-state index contributed by atoms with van der Waals surface area (Å²) in [6.07, 6.45) is 1.46. The number of hydrazone groups is 1. The Bertz CT molecular complexity index is 936. The number of benzene rings is 1. The number of ether oxygens (including phenoxy) is 2. The number of rotatable bonds is 5. The van der Waals surface area contributed by atoms with Gasteiger partial charge < -0.3 is 9.47 Å². The van der Waals surface area contributed by atoms with E-state index in [1.807, 2.05) is 0 Å². The largest absolute Gasteiger partial charge is 0.379 e. The lowest BCUT2D eigenvalue weighted by Crippen LogP contribution is -2.48. The number of thiocarbonyl (C=S) groups is 1. The fourth-order valence-corrected chi connectivity index (χ4v) is 8.96. The molecule has 0 aromatic heterocycles.